The summed E-state index contributed by atoms with van der Waals surface area (Å²) in [7, 11) is -2.45. The summed E-state index contributed by atoms with van der Waals surface area (Å²) in [6, 6.07) is 5.90. The topological polar surface area (TPSA) is 113 Å². The van der Waals surface area contributed by atoms with E-state index in [4.69, 9.17) is 5.11 Å². The third kappa shape index (κ3) is 4.27. The monoisotopic (exact) mass is 314 g/mol. The molecule has 1 amide bonds. The highest BCUT2D eigenvalue weighted by Gasteiger charge is 2.30. The highest BCUT2D eigenvalue weighted by Crippen LogP contribution is 2.24. The largest absolute Gasteiger partial charge is 0.481 e. The summed E-state index contributed by atoms with van der Waals surface area (Å²) >= 11 is 0. The van der Waals surface area contributed by atoms with E-state index in [0.717, 1.165) is 0 Å². The summed E-state index contributed by atoms with van der Waals surface area (Å²) in [5.41, 5.74) is -1.13. The van der Waals surface area contributed by atoms with Gasteiger partial charge in [-0.25, -0.2) is 13.1 Å². The Hall–Kier alpha value is -1.93. The molecule has 0 heterocycles. The number of aliphatic carboxylic acids is 1. The number of hydrogen-bond donors (Lipinski definition) is 3. The molecule has 0 radical (unpaired) electrons. The lowest BCUT2D eigenvalue weighted by atomic mass is 9.89. The molecule has 8 heteroatoms. The van der Waals surface area contributed by atoms with Crippen LogP contribution in [0.25, 0.3) is 0 Å². The van der Waals surface area contributed by atoms with Crippen LogP contribution in [-0.2, 0) is 19.6 Å². The summed E-state index contributed by atoms with van der Waals surface area (Å²) in [6.45, 7) is 2.84. The molecule has 116 valence electrons. The van der Waals surface area contributed by atoms with Crippen molar-refractivity contribution in [2.24, 2.45) is 5.41 Å². The molecule has 0 saturated heterocycles. The van der Waals surface area contributed by atoms with E-state index in [1.165, 1.54) is 39.1 Å². The highest BCUT2D eigenvalue weighted by atomic mass is 32.2. The molecule has 1 aromatic rings. The molecular formula is C13H18N2O5S. The van der Waals surface area contributed by atoms with Crippen molar-refractivity contribution in [3.8, 4) is 0 Å². The van der Waals surface area contributed by atoms with Crippen LogP contribution in [0.15, 0.2) is 29.2 Å². The van der Waals surface area contributed by atoms with Gasteiger partial charge in [0.2, 0.25) is 15.9 Å². The zero-order chi connectivity index (χ0) is 16.3. The fourth-order valence-corrected chi connectivity index (χ4v) is 2.47. The molecule has 7 nitrogen and oxygen atoms in total. The van der Waals surface area contributed by atoms with Crippen LogP contribution in [0.1, 0.15) is 20.3 Å². The fraction of sp³-hybridized carbons (Fsp3) is 0.385. The molecule has 0 aliphatic rings. The van der Waals surface area contributed by atoms with E-state index in [9.17, 15) is 18.0 Å². The second-order valence-electron chi connectivity index (χ2n) is 5.12. The van der Waals surface area contributed by atoms with Gasteiger partial charge in [-0.1, -0.05) is 12.1 Å². The number of carbonyl (C=O) groups excluding carboxylic acids is 1. The van der Waals surface area contributed by atoms with Gasteiger partial charge in [-0.05, 0) is 33.0 Å². The minimum absolute atomic E-state index is 0.0750. The smallest absolute Gasteiger partial charge is 0.309 e. The van der Waals surface area contributed by atoms with Crippen molar-refractivity contribution in [1.29, 1.82) is 0 Å². The molecule has 0 atom stereocenters. The minimum atomic E-state index is -3.72. The number of carboxylic acids is 1. The van der Waals surface area contributed by atoms with E-state index in [1.807, 2.05) is 0 Å². The molecule has 0 unspecified atom stereocenters. The lowest BCUT2D eigenvalue weighted by Gasteiger charge is -2.19. The lowest BCUT2D eigenvalue weighted by molar-refractivity contribution is -0.148. The van der Waals surface area contributed by atoms with Crippen molar-refractivity contribution in [2.45, 2.75) is 25.2 Å². The maximum Gasteiger partial charge on any atom is 0.309 e. The van der Waals surface area contributed by atoms with Gasteiger partial charge in [0.15, 0.2) is 0 Å². The second-order valence-corrected chi connectivity index (χ2v) is 6.97. The third-order valence-electron chi connectivity index (χ3n) is 2.90. The zero-order valence-corrected chi connectivity index (χ0v) is 12.8. The summed E-state index contributed by atoms with van der Waals surface area (Å²) in [5.74, 6) is -1.67. The van der Waals surface area contributed by atoms with Crippen LogP contribution in [0.2, 0.25) is 0 Å². The minimum Gasteiger partial charge on any atom is -0.481 e. The van der Waals surface area contributed by atoms with Crippen LogP contribution >= 0.6 is 0 Å². The van der Waals surface area contributed by atoms with Crippen LogP contribution in [0.4, 0.5) is 5.69 Å². The molecule has 0 fully saturated rings. The normalized spacial score (nSPS) is 12.0. The van der Waals surface area contributed by atoms with Crippen LogP contribution in [0.3, 0.4) is 0 Å². The van der Waals surface area contributed by atoms with E-state index >= 15 is 0 Å². The van der Waals surface area contributed by atoms with Crippen molar-refractivity contribution in [2.75, 3.05) is 12.4 Å². The first-order valence-corrected chi connectivity index (χ1v) is 7.64. The van der Waals surface area contributed by atoms with E-state index in [2.05, 4.69) is 10.0 Å². The Morgan fingerprint density at radius 1 is 1.24 bits per heavy atom. The number of hydrogen-bond acceptors (Lipinski definition) is 4. The molecule has 0 aliphatic carbocycles. The predicted molar refractivity (Wildman–Crippen MR) is 77.4 cm³/mol. The van der Waals surface area contributed by atoms with Gasteiger partial charge in [-0.15, -0.1) is 0 Å². The Balaban J connectivity index is 3.00. The predicted octanol–water partition coefficient (Wildman–Crippen LogP) is 1.03. The maximum absolute atomic E-state index is 11.9. The standard InChI is InChI=1S/C13H18N2O5S/c1-13(2,12(17)18)8-11(16)15-9-6-4-5-7-10(9)21(19,20)14-3/h4-7,14H,8H2,1-3H3,(H,15,16)(H,17,18). The molecule has 21 heavy (non-hydrogen) atoms. The van der Waals surface area contributed by atoms with E-state index in [1.54, 1.807) is 6.07 Å². The molecule has 0 saturated carbocycles. The van der Waals surface area contributed by atoms with Crippen LogP contribution in [-0.4, -0.2) is 32.4 Å². The lowest BCUT2D eigenvalue weighted by Crippen LogP contribution is -2.30. The Kier molecular flexibility index (Phi) is 5.08. The molecule has 0 bridgehead atoms. The number of carbonyl (C=O) groups is 2. The zero-order valence-electron chi connectivity index (χ0n) is 12.0. The van der Waals surface area contributed by atoms with Crippen LogP contribution in [0, 0.1) is 5.41 Å². The first-order valence-electron chi connectivity index (χ1n) is 6.16. The molecule has 1 aromatic carbocycles. The van der Waals surface area contributed by atoms with Gasteiger partial charge >= 0.3 is 5.97 Å². The Morgan fingerprint density at radius 2 is 1.81 bits per heavy atom. The molecule has 1 rings (SSSR count). The van der Waals surface area contributed by atoms with Gasteiger partial charge in [0.25, 0.3) is 0 Å². The van der Waals surface area contributed by atoms with Crippen molar-refractivity contribution in [3.63, 3.8) is 0 Å². The third-order valence-corrected chi connectivity index (χ3v) is 4.37. The number of rotatable bonds is 6. The highest BCUT2D eigenvalue weighted by molar-refractivity contribution is 7.89. The van der Waals surface area contributed by atoms with Crippen LogP contribution in [0.5, 0.6) is 0 Å². The number of carboxylic acid groups (broad SMARTS) is 1. The summed E-state index contributed by atoms with van der Waals surface area (Å²) in [6.07, 6.45) is -0.268. The maximum atomic E-state index is 11.9. The van der Waals surface area contributed by atoms with Gasteiger partial charge in [-0.2, -0.15) is 0 Å². The Labute approximate surface area is 123 Å². The van der Waals surface area contributed by atoms with Gasteiger partial charge in [-0.3, -0.25) is 9.59 Å². The SMILES string of the molecule is CNS(=O)(=O)c1ccccc1NC(=O)CC(C)(C)C(=O)O. The number of anilines is 1. The van der Waals surface area contributed by atoms with Gasteiger partial charge in [0.05, 0.1) is 11.1 Å². The van der Waals surface area contributed by atoms with Gasteiger partial charge in [0.1, 0.15) is 4.90 Å². The average molecular weight is 314 g/mol. The Morgan fingerprint density at radius 3 is 2.33 bits per heavy atom. The van der Waals surface area contributed by atoms with Crippen molar-refractivity contribution in [3.05, 3.63) is 24.3 Å². The number of para-hydroxylation sites is 1. The van der Waals surface area contributed by atoms with E-state index in [0.29, 0.717) is 0 Å². The van der Waals surface area contributed by atoms with E-state index < -0.39 is 27.3 Å². The first kappa shape index (κ1) is 17.1. The van der Waals surface area contributed by atoms with Crippen molar-refractivity contribution < 1.29 is 23.1 Å². The van der Waals surface area contributed by atoms with Crippen molar-refractivity contribution >= 4 is 27.6 Å². The van der Waals surface area contributed by atoms with Crippen LogP contribution < -0.4 is 10.0 Å². The molecule has 0 spiro atoms. The number of benzene rings is 1. The number of amides is 1. The fourth-order valence-electron chi connectivity index (χ4n) is 1.59. The van der Waals surface area contributed by atoms with Gasteiger partial charge < -0.3 is 10.4 Å². The Bertz CT molecular complexity index is 652. The van der Waals surface area contributed by atoms with E-state index in [-0.39, 0.29) is 17.0 Å². The quantitative estimate of drug-likeness (QED) is 0.726. The molecule has 0 aromatic heterocycles. The summed E-state index contributed by atoms with van der Waals surface area (Å²) in [4.78, 5) is 22.8. The first-order chi connectivity index (χ1) is 9.60. The summed E-state index contributed by atoms with van der Waals surface area (Å²) in [5, 5.41) is 11.4. The number of sulfonamides is 1. The average Bonchev–Trinajstić information content (AvgIpc) is 2.38. The molecule has 0 aliphatic heterocycles. The molecular weight excluding hydrogens is 296 g/mol. The number of nitrogens with one attached hydrogen (secondary N) is 2. The van der Waals surface area contributed by atoms with Crippen molar-refractivity contribution in [1.82, 2.24) is 4.72 Å². The molecule has 3 N–H and O–H groups in total. The second kappa shape index (κ2) is 6.23. The summed E-state index contributed by atoms with van der Waals surface area (Å²) < 4.78 is 25.8. The van der Waals surface area contributed by atoms with Gasteiger partial charge in [0, 0.05) is 6.42 Å².